The van der Waals surface area contributed by atoms with Gasteiger partial charge in [-0.05, 0) is 12.8 Å². The average Bonchev–Trinajstić information content (AvgIpc) is 2.71. The Morgan fingerprint density at radius 3 is 1.46 bits per heavy atom. The molecule has 0 bridgehead atoms. The van der Waals surface area contributed by atoms with Gasteiger partial charge in [-0.3, -0.25) is 0 Å². The molecule has 1 rings (SSSR count). The first-order valence-corrected chi connectivity index (χ1v) is 12.1. The molecule has 0 aromatic heterocycles. The van der Waals surface area contributed by atoms with Gasteiger partial charge in [0.05, 0.1) is 78.8 Å². The Morgan fingerprint density at radius 1 is 0.500 bits per heavy atom. The van der Waals surface area contributed by atoms with Crippen LogP contribution in [0.4, 0.5) is 0 Å². The molecule has 1 aliphatic rings. The number of halogens is 1. The highest BCUT2D eigenvalue weighted by atomic mass is 79.9. The Hall–Kier alpha value is 0.240. The predicted octanol–water partition coefficient (Wildman–Crippen LogP) is 3.98. The number of unbranched alkanes of at least 4 members (excludes halogenated alkanes) is 6. The largest absolute Gasteiger partial charge is 0.377 e. The summed E-state index contributed by atoms with van der Waals surface area (Å²) in [7, 11) is 0. The summed E-state index contributed by atoms with van der Waals surface area (Å²) in [6.07, 6.45) is 10.3. The van der Waals surface area contributed by atoms with Crippen molar-refractivity contribution in [2.75, 3.05) is 78.0 Å². The molecule has 1 heterocycles. The molecule has 0 spiro atoms. The van der Waals surface area contributed by atoms with E-state index < -0.39 is 0 Å². The standard InChI is InChI=1S/C21H41BrO6/c22-9-7-5-3-1-2-4-6-8-21-20-27-17-16-25-13-12-23-10-11-24-14-15-26-18-19-28-21/h21H,1-20H2. The van der Waals surface area contributed by atoms with E-state index in [9.17, 15) is 0 Å². The number of hydrogen-bond acceptors (Lipinski definition) is 6. The number of ether oxygens (including phenoxy) is 6. The van der Waals surface area contributed by atoms with Crippen LogP contribution < -0.4 is 0 Å². The molecule has 0 radical (unpaired) electrons. The Morgan fingerprint density at radius 2 is 0.929 bits per heavy atom. The second kappa shape index (κ2) is 21.9. The maximum atomic E-state index is 5.99. The van der Waals surface area contributed by atoms with Gasteiger partial charge in [0.2, 0.25) is 0 Å². The van der Waals surface area contributed by atoms with E-state index in [-0.39, 0.29) is 6.10 Å². The highest BCUT2D eigenvalue weighted by molar-refractivity contribution is 9.09. The van der Waals surface area contributed by atoms with Crippen molar-refractivity contribution in [3.05, 3.63) is 0 Å². The smallest absolute Gasteiger partial charge is 0.0809 e. The zero-order valence-corrected chi connectivity index (χ0v) is 19.1. The molecule has 28 heavy (non-hydrogen) atoms. The summed E-state index contributed by atoms with van der Waals surface area (Å²) >= 11 is 3.49. The fraction of sp³-hybridized carbons (Fsp3) is 1.00. The lowest BCUT2D eigenvalue weighted by molar-refractivity contribution is -0.0628. The van der Waals surface area contributed by atoms with Crippen molar-refractivity contribution in [1.82, 2.24) is 0 Å². The van der Waals surface area contributed by atoms with E-state index in [1.807, 2.05) is 0 Å². The molecule has 0 saturated carbocycles. The molecule has 168 valence electrons. The summed E-state index contributed by atoms with van der Waals surface area (Å²) in [6, 6.07) is 0. The zero-order valence-electron chi connectivity index (χ0n) is 17.5. The first-order valence-electron chi connectivity index (χ1n) is 11.0. The van der Waals surface area contributed by atoms with Crippen LogP contribution in [0.5, 0.6) is 0 Å². The van der Waals surface area contributed by atoms with Crippen molar-refractivity contribution in [2.45, 2.75) is 57.5 Å². The Labute approximate surface area is 180 Å². The Kier molecular flexibility index (Phi) is 20.6. The van der Waals surface area contributed by atoms with Gasteiger partial charge in [0.1, 0.15) is 0 Å². The van der Waals surface area contributed by atoms with Crippen LogP contribution in [0, 0.1) is 0 Å². The average molecular weight is 469 g/mol. The van der Waals surface area contributed by atoms with E-state index in [2.05, 4.69) is 15.9 Å². The topological polar surface area (TPSA) is 55.4 Å². The van der Waals surface area contributed by atoms with Crippen LogP contribution in [-0.4, -0.2) is 84.1 Å². The predicted molar refractivity (Wildman–Crippen MR) is 115 cm³/mol. The molecule has 1 saturated heterocycles. The van der Waals surface area contributed by atoms with Crippen molar-refractivity contribution in [3.8, 4) is 0 Å². The zero-order chi connectivity index (χ0) is 20.0. The van der Waals surface area contributed by atoms with Gasteiger partial charge >= 0.3 is 0 Å². The molecule has 0 aromatic rings. The van der Waals surface area contributed by atoms with Crippen LogP contribution in [0.25, 0.3) is 0 Å². The third-order valence-electron chi connectivity index (χ3n) is 4.53. The molecule has 1 unspecified atom stereocenters. The third-order valence-corrected chi connectivity index (χ3v) is 5.09. The lowest BCUT2D eigenvalue weighted by atomic mass is 10.1. The van der Waals surface area contributed by atoms with Gasteiger partial charge in [-0.15, -0.1) is 0 Å². The molecule has 0 aromatic carbocycles. The van der Waals surface area contributed by atoms with Crippen molar-refractivity contribution in [1.29, 1.82) is 0 Å². The Balaban J connectivity index is 2.15. The minimum atomic E-state index is 0.135. The first kappa shape index (κ1) is 26.3. The molecule has 6 nitrogen and oxygen atoms in total. The summed E-state index contributed by atoms with van der Waals surface area (Å²) < 4.78 is 33.7. The van der Waals surface area contributed by atoms with Gasteiger partial charge in [0.25, 0.3) is 0 Å². The number of alkyl halides is 1. The second-order valence-electron chi connectivity index (χ2n) is 6.97. The van der Waals surface area contributed by atoms with Crippen LogP contribution >= 0.6 is 15.9 Å². The lowest BCUT2D eigenvalue weighted by Gasteiger charge is -2.18. The molecule has 1 fully saturated rings. The van der Waals surface area contributed by atoms with Crippen LogP contribution in [0.15, 0.2) is 0 Å². The molecule has 1 aliphatic heterocycles. The quantitative estimate of drug-likeness (QED) is 0.376. The second-order valence-corrected chi connectivity index (χ2v) is 7.76. The minimum Gasteiger partial charge on any atom is -0.377 e. The van der Waals surface area contributed by atoms with Crippen molar-refractivity contribution in [3.63, 3.8) is 0 Å². The van der Waals surface area contributed by atoms with Crippen molar-refractivity contribution >= 4 is 15.9 Å². The van der Waals surface area contributed by atoms with E-state index in [4.69, 9.17) is 28.4 Å². The summed E-state index contributed by atoms with van der Waals surface area (Å²) in [6.45, 7) is 6.50. The highest BCUT2D eigenvalue weighted by Crippen LogP contribution is 2.12. The van der Waals surface area contributed by atoms with Gasteiger partial charge in [-0.1, -0.05) is 54.5 Å². The van der Waals surface area contributed by atoms with Gasteiger partial charge < -0.3 is 28.4 Å². The first-order chi connectivity index (χ1) is 13.9. The molecule has 7 heteroatoms. The molecule has 0 amide bonds. The SMILES string of the molecule is BrCCCCCCCCCC1COCCOCCOCCOCCOCCO1. The fourth-order valence-corrected chi connectivity index (χ4v) is 3.33. The molecule has 0 N–H and O–H groups in total. The van der Waals surface area contributed by atoms with Crippen molar-refractivity contribution < 1.29 is 28.4 Å². The normalized spacial score (nSPS) is 22.4. The van der Waals surface area contributed by atoms with E-state index >= 15 is 0 Å². The van der Waals surface area contributed by atoms with Crippen LogP contribution in [-0.2, 0) is 28.4 Å². The molecule has 0 aliphatic carbocycles. The lowest BCUT2D eigenvalue weighted by Crippen LogP contribution is -2.24. The molecular formula is C21H41BrO6. The third kappa shape index (κ3) is 18.3. The maximum absolute atomic E-state index is 5.99. The summed E-state index contributed by atoms with van der Waals surface area (Å²) in [5, 5.41) is 1.13. The maximum Gasteiger partial charge on any atom is 0.0809 e. The van der Waals surface area contributed by atoms with Crippen molar-refractivity contribution in [2.24, 2.45) is 0 Å². The van der Waals surface area contributed by atoms with Gasteiger partial charge in [0, 0.05) is 5.33 Å². The van der Waals surface area contributed by atoms with E-state index in [0.29, 0.717) is 72.7 Å². The van der Waals surface area contributed by atoms with Crippen LogP contribution in [0.2, 0.25) is 0 Å². The fourth-order valence-electron chi connectivity index (χ4n) is 2.93. The van der Waals surface area contributed by atoms with Gasteiger partial charge in [-0.2, -0.15) is 0 Å². The van der Waals surface area contributed by atoms with Crippen LogP contribution in [0.3, 0.4) is 0 Å². The Bertz CT molecular complexity index is 291. The van der Waals surface area contributed by atoms with E-state index in [0.717, 1.165) is 11.8 Å². The summed E-state index contributed by atoms with van der Waals surface area (Å²) in [5.41, 5.74) is 0. The highest BCUT2D eigenvalue weighted by Gasteiger charge is 2.10. The van der Waals surface area contributed by atoms with Crippen LogP contribution in [0.1, 0.15) is 51.4 Å². The van der Waals surface area contributed by atoms with E-state index in [1.54, 1.807) is 0 Å². The minimum absolute atomic E-state index is 0.135. The molecule has 1 atom stereocenters. The van der Waals surface area contributed by atoms with E-state index in [1.165, 1.54) is 44.9 Å². The summed E-state index contributed by atoms with van der Waals surface area (Å²) in [4.78, 5) is 0. The molecular weight excluding hydrogens is 428 g/mol. The van der Waals surface area contributed by atoms with Gasteiger partial charge in [0.15, 0.2) is 0 Å². The van der Waals surface area contributed by atoms with Gasteiger partial charge in [-0.25, -0.2) is 0 Å². The summed E-state index contributed by atoms with van der Waals surface area (Å²) in [5.74, 6) is 0. The number of rotatable bonds is 9. The number of hydrogen-bond donors (Lipinski definition) is 0. The monoisotopic (exact) mass is 468 g/mol.